The molecule has 3 rings (SSSR count). The molecule has 0 saturated heterocycles. The molecule has 0 radical (unpaired) electrons. The van der Waals surface area contributed by atoms with Crippen LogP contribution in [0.5, 0.6) is 0 Å². The monoisotopic (exact) mass is 339 g/mol. The summed E-state index contributed by atoms with van der Waals surface area (Å²) in [6.07, 6.45) is 0. The Morgan fingerprint density at radius 3 is 2.43 bits per heavy atom. The van der Waals surface area contributed by atoms with Gasteiger partial charge < -0.3 is 10.3 Å². The normalized spacial score (nSPS) is 10.8. The van der Waals surface area contributed by atoms with Gasteiger partial charge in [0.2, 0.25) is 5.82 Å². The van der Waals surface area contributed by atoms with Crippen molar-refractivity contribution in [2.75, 3.05) is 5.73 Å². The smallest absolute Gasteiger partial charge is 0.260 e. The number of hydrogen-bond donors (Lipinski definition) is 1. The zero-order chi connectivity index (χ0) is 15.0. The second-order valence-corrected chi connectivity index (χ2v) is 5.56. The summed E-state index contributed by atoms with van der Waals surface area (Å²) in [4.78, 5) is 4.30. The van der Waals surface area contributed by atoms with Crippen molar-refractivity contribution in [2.24, 2.45) is 0 Å². The van der Waals surface area contributed by atoms with Gasteiger partial charge in [0.25, 0.3) is 5.89 Å². The molecule has 4 nitrogen and oxygen atoms in total. The maximum atomic E-state index is 5.98. The molecule has 3 aromatic rings. The zero-order valence-corrected chi connectivity index (χ0v) is 12.7. The lowest BCUT2D eigenvalue weighted by molar-refractivity contribution is 0.432. The van der Waals surface area contributed by atoms with Crippen molar-refractivity contribution in [3.05, 3.63) is 51.5 Å². The molecule has 2 aromatic carbocycles. The van der Waals surface area contributed by atoms with Gasteiger partial charge >= 0.3 is 0 Å². The summed E-state index contributed by atoms with van der Waals surface area (Å²) in [6.45, 7) is 0. The average Bonchev–Trinajstić information content (AvgIpc) is 2.90. The summed E-state index contributed by atoms with van der Waals surface area (Å²) in [5.74, 6) is 0.648. The minimum Gasteiger partial charge on any atom is -0.397 e. The van der Waals surface area contributed by atoms with Crippen LogP contribution in [-0.4, -0.2) is 10.1 Å². The predicted octanol–water partition coefficient (Wildman–Crippen LogP) is 4.95. The van der Waals surface area contributed by atoms with Crippen LogP contribution in [0.1, 0.15) is 0 Å². The number of halogens is 3. The Labute approximate surface area is 135 Å². The van der Waals surface area contributed by atoms with E-state index in [4.69, 9.17) is 45.1 Å². The van der Waals surface area contributed by atoms with Crippen LogP contribution in [-0.2, 0) is 0 Å². The van der Waals surface area contributed by atoms with Crippen molar-refractivity contribution in [1.82, 2.24) is 10.1 Å². The van der Waals surface area contributed by atoms with Gasteiger partial charge in [-0.2, -0.15) is 4.98 Å². The Bertz CT molecular complexity index is 797. The number of nitrogens with zero attached hydrogens (tertiary/aromatic N) is 2. The molecule has 1 aromatic heterocycles. The average molecular weight is 341 g/mol. The molecule has 106 valence electrons. The van der Waals surface area contributed by atoms with Crippen molar-refractivity contribution < 1.29 is 4.52 Å². The first-order chi connectivity index (χ1) is 10.0. The van der Waals surface area contributed by atoms with Crippen LogP contribution in [0.4, 0.5) is 5.69 Å². The molecule has 21 heavy (non-hydrogen) atoms. The number of nitrogens with two attached hydrogens (primary N) is 1. The van der Waals surface area contributed by atoms with Gasteiger partial charge in [0.1, 0.15) is 0 Å². The molecule has 0 spiro atoms. The van der Waals surface area contributed by atoms with E-state index in [0.29, 0.717) is 37.7 Å². The van der Waals surface area contributed by atoms with Crippen molar-refractivity contribution in [2.45, 2.75) is 0 Å². The van der Waals surface area contributed by atoms with Gasteiger partial charge in [-0.05, 0) is 30.3 Å². The number of nitrogen functional groups attached to an aromatic ring is 1. The van der Waals surface area contributed by atoms with E-state index >= 15 is 0 Å². The SMILES string of the molecule is Nc1c(Cl)cccc1-c1nc(-c2cc(Cl)cc(Cl)c2)no1. The highest BCUT2D eigenvalue weighted by atomic mass is 35.5. The van der Waals surface area contributed by atoms with Crippen LogP contribution in [0.25, 0.3) is 22.8 Å². The van der Waals surface area contributed by atoms with Crippen molar-refractivity contribution >= 4 is 40.5 Å². The molecule has 7 heteroatoms. The first-order valence-electron chi connectivity index (χ1n) is 5.89. The Morgan fingerprint density at radius 1 is 1.00 bits per heavy atom. The fraction of sp³-hybridized carbons (Fsp3) is 0. The second kappa shape index (κ2) is 5.56. The third-order valence-corrected chi connectivity index (χ3v) is 3.60. The van der Waals surface area contributed by atoms with E-state index < -0.39 is 0 Å². The van der Waals surface area contributed by atoms with Gasteiger partial charge in [-0.25, -0.2) is 0 Å². The summed E-state index contributed by atoms with van der Waals surface area (Å²) in [6, 6.07) is 10.2. The van der Waals surface area contributed by atoms with E-state index in [9.17, 15) is 0 Å². The first kappa shape index (κ1) is 14.2. The molecule has 0 saturated carbocycles. The molecule has 0 atom stereocenters. The predicted molar refractivity (Wildman–Crippen MR) is 84.6 cm³/mol. The summed E-state index contributed by atoms with van der Waals surface area (Å²) in [5.41, 5.74) is 7.53. The summed E-state index contributed by atoms with van der Waals surface area (Å²) < 4.78 is 5.23. The summed E-state index contributed by atoms with van der Waals surface area (Å²) in [7, 11) is 0. The number of anilines is 1. The lowest BCUT2D eigenvalue weighted by atomic mass is 10.2. The number of aromatic nitrogens is 2. The molecule has 0 amide bonds. The van der Waals surface area contributed by atoms with Crippen LogP contribution in [0.15, 0.2) is 40.9 Å². The van der Waals surface area contributed by atoms with Gasteiger partial charge in [-0.1, -0.05) is 46.0 Å². The van der Waals surface area contributed by atoms with Crippen molar-refractivity contribution in [1.29, 1.82) is 0 Å². The van der Waals surface area contributed by atoms with E-state index in [1.54, 1.807) is 36.4 Å². The molecule has 0 aliphatic heterocycles. The molecular weight excluding hydrogens is 333 g/mol. The molecule has 0 bridgehead atoms. The van der Waals surface area contributed by atoms with Gasteiger partial charge in [-0.15, -0.1) is 0 Å². The van der Waals surface area contributed by atoms with Crippen LogP contribution in [0.2, 0.25) is 15.1 Å². The standard InChI is InChI=1S/C14H8Cl3N3O/c15-8-4-7(5-9(16)6-8)13-19-14(21-20-13)10-2-1-3-11(17)12(10)18/h1-6H,18H2. The fourth-order valence-electron chi connectivity index (χ4n) is 1.86. The molecule has 0 fully saturated rings. The topological polar surface area (TPSA) is 64.9 Å². The maximum absolute atomic E-state index is 5.98. The highest BCUT2D eigenvalue weighted by molar-refractivity contribution is 6.35. The quantitative estimate of drug-likeness (QED) is 0.671. The first-order valence-corrected chi connectivity index (χ1v) is 7.02. The Hall–Kier alpha value is -1.75. The fourth-order valence-corrected chi connectivity index (χ4v) is 2.56. The van der Waals surface area contributed by atoms with Crippen LogP contribution in [0, 0.1) is 0 Å². The van der Waals surface area contributed by atoms with Gasteiger partial charge in [0.15, 0.2) is 0 Å². The minimum absolute atomic E-state index is 0.279. The van der Waals surface area contributed by atoms with Crippen molar-refractivity contribution in [3.63, 3.8) is 0 Å². The third-order valence-electron chi connectivity index (χ3n) is 2.83. The highest BCUT2D eigenvalue weighted by Crippen LogP contribution is 2.32. The van der Waals surface area contributed by atoms with E-state index in [-0.39, 0.29) is 5.89 Å². The largest absolute Gasteiger partial charge is 0.397 e. The molecule has 0 unspecified atom stereocenters. The zero-order valence-electron chi connectivity index (χ0n) is 10.5. The van der Waals surface area contributed by atoms with Crippen molar-refractivity contribution in [3.8, 4) is 22.8 Å². The Balaban J connectivity index is 2.06. The van der Waals surface area contributed by atoms with Crippen LogP contribution < -0.4 is 5.73 Å². The molecule has 0 aliphatic carbocycles. The molecular formula is C14H8Cl3N3O. The molecule has 2 N–H and O–H groups in total. The van der Waals surface area contributed by atoms with E-state index in [2.05, 4.69) is 10.1 Å². The summed E-state index contributed by atoms with van der Waals surface area (Å²) >= 11 is 17.9. The molecule has 1 heterocycles. The Morgan fingerprint density at radius 2 is 1.71 bits per heavy atom. The lowest BCUT2D eigenvalue weighted by Crippen LogP contribution is -1.91. The summed E-state index contributed by atoms with van der Waals surface area (Å²) in [5, 5.41) is 5.33. The van der Waals surface area contributed by atoms with Gasteiger partial charge in [0.05, 0.1) is 16.3 Å². The lowest BCUT2D eigenvalue weighted by Gasteiger charge is -2.01. The number of benzene rings is 2. The number of rotatable bonds is 2. The minimum atomic E-state index is 0.279. The second-order valence-electron chi connectivity index (χ2n) is 4.28. The van der Waals surface area contributed by atoms with E-state index in [1.807, 2.05) is 0 Å². The van der Waals surface area contributed by atoms with Crippen LogP contribution in [0.3, 0.4) is 0 Å². The van der Waals surface area contributed by atoms with E-state index in [1.165, 1.54) is 0 Å². The third kappa shape index (κ3) is 2.83. The highest BCUT2D eigenvalue weighted by Gasteiger charge is 2.15. The number of para-hydroxylation sites is 1. The number of hydrogen-bond acceptors (Lipinski definition) is 4. The van der Waals surface area contributed by atoms with E-state index in [0.717, 1.165) is 0 Å². The Kier molecular flexibility index (Phi) is 3.76. The van der Waals surface area contributed by atoms with Crippen LogP contribution >= 0.6 is 34.8 Å². The maximum Gasteiger partial charge on any atom is 0.260 e. The van der Waals surface area contributed by atoms with Gasteiger partial charge in [-0.3, -0.25) is 0 Å². The molecule has 0 aliphatic rings. The van der Waals surface area contributed by atoms with Gasteiger partial charge in [0, 0.05) is 15.6 Å².